The van der Waals surface area contributed by atoms with Crippen LogP contribution in [0.15, 0.2) is 42.7 Å². The third kappa shape index (κ3) is 6.37. The molecule has 0 spiro atoms. The number of likely N-dealkylation sites (N-methyl/N-ethyl adjacent to an activating group) is 1. The number of piperidine rings is 1. The monoisotopic (exact) mass is 624 g/mol. The normalized spacial score (nSPS) is 19.0. The predicted octanol–water partition coefficient (Wildman–Crippen LogP) is 3.98. The number of fused-ring (bicyclic) bond motifs is 1. The van der Waals surface area contributed by atoms with E-state index < -0.39 is 5.91 Å². The van der Waals surface area contributed by atoms with Crippen LogP contribution in [0.4, 0.5) is 23.0 Å². The summed E-state index contributed by atoms with van der Waals surface area (Å²) >= 11 is 0. The largest absolute Gasteiger partial charge is 0.381 e. The first-order valence-electron chi connectivity index (χ1n) is 16.5. The number of pyridine rings is 1. The van der Waals surface area contributed by atoms with Gasteiger partial charge in [-0.2, -0.15) is 0 Å². The number of anilines is 4. The molecule has 0 aliphatic carbocycles. The summed E-state index contributed by atoms with van der Waals surface area (Å²) in [5.41, 5.74) is 11.4. The molecule has 6 heterocycles. The maximum Gasteiger partial charge on any atom is 0.271 e. The van der Waals surface area contributed by atoms with Gasteiger partial charge in [0, 0.05) is 99.3 Å². The number of aromatic nitrogens is 4. The van der Waals surface area contributed by atoms with Crippen molar-refractivity contribution < 1.29 is 9.53 Å². The Hall–Kier alpha value is -4.26. The quantitative estimate of drug-likeness (QED) is 0.228. The number of piperazine rings is 1. The maximum absolute atomic E-state index is 12.8. The smallest absolute Gasteiger partial charge is 0.271 e. The van der Waals surface area contributed by atoms with Gasteiger partial charge in [0.15, 0.2) is 17.3 Å². The summed E-state index contributed by atoms with van der Waals surface area (Å²) in [6.45, 7) is 10.3. The molecule has 12 heteroatoms. The first-order chi connectivity index (χ1) is 22.4. The van der Waals surface area contributed by atoms with E-state index in [1.54, 1.807) is 6.20 Å². The molecular formula is C34H44N10O2. The molecule has 3 fully saturated rings. The molecule has 5 N–H and O–H groups in total. The minimum absolute atomic E-state index is 0.0840. The summed E-state index contributed by atoms with van der Waals surface area (Å²) in [5.74, 6) is 0.264. The lowest BCUT2D eigenvalue weighted by molar-refractivity contribution is 0.0904. The van der Waals surface area contributed by atoms with E-state index in [-0.39, 0.29) is 11.7 Å². The third-order valence-electron chi connectivity index (χ3n) is 9.73. The molecular weight excluding hydrogens is 580 g/mol. The van der Waals surface area contributed by atoms with Gasteiger partial charge in [-0.05, 0) is 75.5 Å². The van der Waals surface area contributed by atoms with E-state index >= 15 is 0 Å². The molecule has 242 valence electrons. The molecule has 46 heavy (non-hydrogen) atoms. The molecule has 12 nitrogen and oxygen atoms in total. The van der Waals surface area contributed by atoms with Gasteiger partial charge in [0.2, 0.25) is 0 Å². The number of nitrogens with zero attached hydrogens (tertiary/aromatic N) is 6. The van der Waals surface area contributed by atoms with E-state index in [2.05, 4.69) is 61.4 Å². The SMILES string of the molecule is Cc1cc(Nc2nc(NC3CCOCC3)c(-c3ccnc4[nH]ccc34)nc2C(N)=O)ccc1N1CCC(N2CCN(C)CC2)CC1. The van der Waals surface area contributed by atoms with Crippen molar-refractivity contribution in [3.8, 4) is 11.3 Å². The van der Waals surface area contributed by atoms with Gasteiger partial charge in [0.05, 0.1) is 0 Å². The first-order valence-corrected chi connectivity index (χ1v) is 16.5. The van der Waals surface area contributed by atoms with Crippen molar-refractivity contribution in [3.63, 3.8) is 0 Å². The molecule has 7 rings (SSSR count). The van der Waals surface area contributed by atoms with Gasteiger partial charge in [-0.25, -0.2) is 15.0 Å². The Kier molecular flexibility index (Phi) is 8.74. The Morgan fingerprint density at radius 3 is 2.50 bits per heavy atom. The zero-order valence-corrected chi connectivity index (χ0v) is 26.8. The van der Waals surface area contributed by atoms with Gasteiger partial charge >= 0.3 is 0 Å². The number of H-pyrrole nitrogens is 1. The second-order valence-electron chi connectivity index (χ2n) is 12.8. The fourth-order valence-electron chi connectivity index (χ4n) is 7.07. The number of hydrogen-bond donors (Lipinski definition) is 4. The minimum Gasteiger partial charge on any atom is -0.381 e. The van der Waals surface area contributed by atoms with E-state index in [1.165, 1.54) is 37.2 Å². The molecule has 3 aliphatic heterocycles. The van der Waals surface area contributed by atoms with Gasteiger partial charge in [-0.1, -0.05) is 0 Å². The minimum atomic E-state index is -0.648. The number of carbonyl (C=O) groups excluding carboxylic acids is 1. The van der Waals surface area contributed by atoms with E-state index in [0.717, 1.165) is 61.3 Å². The highest BCUT2D eigenvalue weighted by atomic mass is 16.5. The Morgan fingerprint density at radius 2 is 1.76 bits per heavy atom. The molecule has 0 radical (unpaired) electrons. The molecule has 1 amide bonds. The number of benzene rings is 1. The van der Waals surface area contributed by atoms with Crippen LogP contribution < -0.4 is 21.3 Å². The number of primary amides is 1. The Balaban J connectivity index is 1.14. The third-order valence-corrected chi connectivity index (χ3v) is 9.73. The van der Waals surface area contributed by atoms with Crippen LogP contribution in [0.1, 0.15) is 41.7 Å². The van der Waals surface area contributed by atoms with Crippen LogP contribution in [0.3, 0.4) is 0 Å². The number of aromatic amines is 1. The number of carbonyl (C=O) groups is 1. The van der Waals surface area contributed by atoms with Crippen molar-refractivity contribution in [2.45, 2.75) is 44.7 Å². The van der Waals surface area contributed by atoms with Gasteiger partial charge in [0.25, 0.3) is 5.91 Å². The summed E-state index contributed by atoms with van der Waals surface area (Å²) in [6.07, 6.45) is 7.64. The fourth-order valence-corrected chi connectivity index (χ4v) is 7.07. The summed E-state index contributed by atoms with van der Waals surface area (Å²) in [7, 11) is 2.21. The van der Waals surface area contributed by atoms with Crippen LogP contribution in [-0.2, 0) is 4.74 Å². The Bertz CT molecular complexity index is 1680. The van der Waals surface area contributed by atoms with Crippen LogP contribution in [-0.4, -0.2) is 107 Å². The molecule has 4 aromatic rings. The van der Waals surface area contributed by atoms with Gasteiger partial charge < -0.3 is 35.9 Å². The Morgan fingerprint density at radius 1 is 0.978 bits per heavy atom. The van der Waals surface area contributed by atoms with E-state index in [0.29, 0.717) is 36.6 Å². The molecule has 3 aromatic heterocycles. The lowest BCUT2D eigenvalue weighted by Gasteiger charge is -2.43. The topological polar surface area (TPSA) is 141 Å². The van der Waals surface area contributed by atoms with Gasteiger partial charge in [-0.3, -0.25) is 9.69 Å². The number of rotatable bonds is 8. The molecule has 0 atom stereocenters. The van der Waals surface area contributed by atoms with Crippen molar-refractivity contribution in [3.05, 3.63) is 54.0 Å². The summed E-state index contributed by atoms with van der Waals surface area (Å²) in [4.78, 5) is 37.8. The predicted molar refractivity (Wildman–Crippen MR) is 182 cm³/mol. The number of nitrogens with one attached hydrogen (secondary N) is 3. The van der Waals surface area contributed by atoms with E-state index in [1.807, 2.05) is 24.4 Å². The van der Waals surface area contributed by atoms with Crippen molar-refractivity contribution in [1.29, 1.82) is 0 Å². The van der Waals surface area contributed by atoms with Crippen molar-refractivity contribution in [1.82, 2.24) is 29.7 Å². The average Bonchev–Trinajstić information content (AvgIpc) is 3.56. The number of nitrogens with two attached hydrogens (primary N) is 1. The number of aryl methyl sites for hydroxylation is 1. The highest BCUT2D eigenvalue weighted by Gasteiger charge is 2.28. The summed E-state index contributed by atoms with van der Waals surface area (Å²) in [5, 5.41) is 7.87. The highest BCUT2D eigenvalue weighted by Crippen LogP contribution is 2.35. The lowest BCUT2D eigenvalue weighted by atomic mass is 10.0. The second-order valence-corrected chi connectivity index (χ2v) is 12.8. The summed E-state index contributed by atoms with van der Waals surface area (Å²) < 4.78 is 5.58. The second kappa shape index (κ2) is 13.2. The van der Waals surface area contributed by atoms with Crippen LogP contribution in [0.5, 0.6) is 0 Å². The highest BCUT2D eigenvalue weighted by molar-refractivity contribution is 6.00. The van der Waals surface area contributed by atoms with Crippen LogP contribution >= 0.6 is 0 Å². The fraction of sp³-hybridized carbons (Fsp3) is 0.471. The van der Waals surface area contributed by atoms with Crippen molar-refractivity contribution in [2.75, 3.05) is 75.1 Å². The summed E-state index contributed by atoms with van der Waals surface area (Å²) in [6, 6.07) is 11.0. The average molecular weight is 625 g/mol. The molecule has 0 unspecified atom stereocenters. The van der Waals surface area contributed by atoms with Gasteiger partial charge in [-0.15, -0.1) is 0 Å². The zero-order valence-electron chi connectivity index (χ0n) is 26.8. The van der Waals surface area contributed by atoms with Crippen LogP contribution in [0.2, 0.25) is 0 Å². The zero-order chi connectivity index (χ0) is 31.6. The lowest BCUT2D eigenvalue weighted by Crippen LogP contribution is -2.52. The van der Waals surface area contributed by atoms with Crippen molar-refractivity contribution in [2.24, 2.45) is 5.73 Å². The first kappa shape index (κ1) is 30.4. The molecule has 1 aromatic carbocycles. The van der Waals surface area contributed by atoms with Gasteiger partial charge in [0.1, 0.15) is 11.3 Å². The number of ether oxygens (including phenoxy) is 1. The van der Waals surface area contributed by atoms with Crippen molar-refractivity contribution >= 4 is 40.0 Å². The number of amides is 1. The van der Waals surface area contributed by atoms with Crippen LogP contribution in [0, 0.1) is 6.92 Å². The van der Waals surface area contributed by atoms with E-state index in [9.17, 15) is 4.79 Å². The van der Waals surface area contributed by atoms with E-state index in [4.69, 9.17) is 20.4 Å². The maximum atomic E-state index is 12.8. The van der Waals surface area contributed by atoms with Crippen LogP contribution in [0.25, 0.3) is 22.3 Å². The standard InChI is InChI=1S/C34H44N10O2/c1-22-21-24(3-4-28(22)44-13-7-25(8-14-44)43-17-15-42(2)16-18-43)39-34-30(31(35)45)40-29(26-5-11-36-32-27(26)6-12-37-32)33(41-34)38-23-9-19-46-20-10-23/h3-6,11-12,21,23,25H,7-10,13-20H2,1-2H3,(H2,35,45)(H,36,37)(H2,38,39,41). The Labute approximate surface area is 269 Å². The molecule has 3 aliphatic rings. The molecule has 3 saturated heterocycles. The molecule has 0 bridgehead atoms. The number of hydrogen-bond acceptors (Lipinski definition) is 10. The molecule has 0 saturated carbocycles.